The Morgan fingerprint density at radius 2 is 2.06 bits per heavy atom. The molecule has 0 N–H and O–H groups in total. The maximum absolute atomic E-state index is 11.2. The number of fused-ring (bicyclic) bond motifs is 1. The molecule has 0 saturated carbocycles. The number of nitrogens with zero attached hydrogens (tertiary/aromatic N) is 1. The van der Waals surface area contributed by atoms with Gasteiger partial charge in [0.15, 0.2) is 0 Å². The summed E-state index contributed by atoms with van der Waals surface area (Å²) in [5.41, 5.74) is 3.75. The standard InChI is InChI=1S/C14H17NO/c1-4-11-6-5-7-13-12(8-10(2)16)9-15(3)14(11)13/h5-7,9H,4,8H2,1-3H3. The molecule has 0 aliphatic heterocycles. The highest BCUT2D eigenvalue weighted by Crippen LogP contribution is 2.24. The van der Waals surface area contributed by atoms with E-state index in [2.05, 4.69) is 35.9 Å². The monoisotopic (exact) mass is 215 g/mol. The number of ketones is 1. The molecule has 16 heavy (non-hydrogen) atoms. The number of hydrogen-bond donors (Lipinski definition) is 0. The van der Waals surface area contributed by atoms with E-state index in [0.717, 1.165) is 12.0 Å². The first-order valence-electron chi connectivity index (χ1n) is 5.68. The molecule has 0 unspecified atom stereocenters. The zero-order chi connectivity index (χ0) is 11.7. The third kappa shape index (κ3) is 1.75. The second-order valence-electron chi connectivity index (χ2n) is 4.31. The van der Waals surface area contributed by atoms with Crippen LogP contribution in [-0.4, -0.2) is 10.4 Å². The van der Waals surface area contributed by atoms with Crippen LogP contribution in [0, 0.1) is 0 Å². The second kappa shape index (κ2) is 4.12. The number of Topliss-reactive ketones (excluding diaryl/α,β-unsaturated/α-hetero) is 1. The first-order valence-corrected chi connectivity index (χ1v) is 5.68. The molecule has 84 valence electrons. The summed E-state index contributed by atoms with van der Waals surface area (Å²) in [5, 5.41) is 1.22. The highest BCUT2D eigenvalue weighted by Gasteiger charge is 2.10. The van der Waals surface area contributed by atoms with E-state index in [1.165, 1.54) is 16.5 Å². The summed E-state index contributed by atoms with van der Waals surface area (Å²) in [4.78, 5) is 11.2. The molecule has 0 aliphatic carbocycles. The fraction of sp³-hybridized carbons (Fsp3) is 0.357. The number of carbonyl (C=O) groups is 1. The minimum atomic E-state index is 0.217. The number of hydrogen-bond acceptors (Lipinski definition) is 1. The van der Waals surface area contributed by atoms with Gasteiger partial charge in [0.25, 0.3) is 0 Å². The van der Waals surface area contributed by atoms with Gasteiger partial charge in [0, 0.05) is 25.1 Å². The van der Waals surface area contributed by atoms with Gasteiger partial charge < -0.3 is 4.57 Å². The highest BCUT2D eigenvalue weighted by atomic mass is 16.1. The van der Waals surface area contributed by atoms with E-state index in [1.54, 1.807) is 6.92 Å². The molecule has 2 aromatic rings. The van der Waals surface area contributed by atoms with Crippen LogP contribution in [0.3, 0.4) is 0 Å². The predicted molar refractivity (Wildman–Crippen MR) is 66.7 cm³/mol. The van der Waals surface area contributed by atoms with Crippen LogP contribution in [-0.2, 0) is 24.7 Å². The third-order valence-electron chi connectivity index (χ3n) is 2.99. The van der Waals surface area contributed by atoms with Crippen molar-refractivity contribution in [2.45, 2.75) is 26.7 Å². The summed E-state index contributed by atoms with van der Waals surface area (Å²) in [6, 6.07) is 6.33. The summed E-state index contributed by atoms with van der Waals surface area (Å²) in [7, 11) is 2.05. The summed E-state index contributed by atoms with van der Waals surface area (Å²) >= 11 is 0. The van der Waals surface area contributed by atoms with E-state index in [1.807, 2.05) is 7.05 Å². The number of carbonyl (C=O) groups excluding carboxylic acids is 1. The van der Waals surface area contributed by atoms with E-state index in [-0.39, 0.29) is 5.78 Å². The van der Waals surface area contributed by atoms with Crippen LogP contribution >= 0.6 is 0 Å². The molecule has 2 nitrogen and oxygen atoms in total. The van der Waals surface area contributed by atoms with Gasteiger partial charge in [-0.3, -0.25) is 4.79 Å². The molecular formula is C14H17NO. The van der Waals surface area contributed by atoms with Crippen LogP contribution in [0.5, 0.6) is 0 Å². The van der Waals surface area contributed by atoms with Crippen molar-refractivity contribution in [3.8, 4) is 0 Å². The molecule has 2 rings (SSSR count). The number of aryl methyl sites for hydroxylation is 2. The minimum Gasteiger partial charge on any atom is -0.350 e. The van der Waals surface area contributed by atoms with Gasteiger partial charge in [0.1, 0.15) is 5.78 Å². The smallest absolute Gasteiger partial charge is 0.134 e. The number of aromatic nitrogens is 1. The first kappa shape index (κ1) is 10.9. The van der Waals surface area contributed by atoms with Gasteiger partial charge in [-0.25, -0.2) is 0 Å². The number of para-hydroxylation sites is 1. The van der Waals surface area contributed by atoms with Gasteiger partial charge in [-0.1, -0.05) is 25.1 Å². The summed E-state index contributed by atoms with van der Waals surface area (Å²) < 4.78 is 2.13. The number of rotatable bonds is 3. The lowest BCUT2D eigenvalue weighted by Crippen LogP contribution is -1.94. The van der Waals surface area contributed by atoms with E-state index in [4.69, 9.17) is 0 Å². The van der Waals surface area contributed by atoms with Crippen LogP contribution in [0.1, 0.15) is 25.0 Å². The molecule has 0 saturated heterocycles. The van der Waals surface area contributed by atoms with Crippen LogP contribution in [0.25, 0.3) is 10.9 Å². The van der Waals surface area contributed by atoms with E-state index >= 15 is 0 Å². The quantitative estimate of drug-likeness (QED) is 0.771. The fourth-order valence-electron chi connectivity index (χ4n) is 2.33. The van der Waals surface area contributed by atoms with Crippen molar-refractivity contribution in [1.82, 2.24) is 4.57 Å². The van der Waals surface area contributed by atoms with Crippen molar-refractivity contribution in [2.24, 2.45) is 7.05 Å². The molecule has 2 heteroatoms. The van der Waals surface area contributed by atoms with Crippen LogP contribution < -0.4 is 0 Å². The van der Waals surface area contributed by atoms with Gasteiger partial charge in [0.2, 0.25) is 0 Å². The second-order valence-corrected chi connectivity index (χ2v) is 4.31. The average Bonchev–Trinajstić information content (AvgIpc) is 2.55. The van der Waals surface area contributed by atoms with Gasteiger partial charge >= 0.3 is 0 Å². The van der Waals surface area contributed by atoms with E-state index in [9.17, 15) is 4.79 Å². The fourth-order valence-corrected chi connectivity index (χ4v) is 2.33. The summed E-state index contributed by atoms with van der Waals surface area (Å²) in [6.07, 6.45) is 3.63. The molecule has 0 bridgehead atoms. The normalized spacial score (nSPS) is 10.9. The molecule has 1 heterocycles. The SMILES string of the molecule is CCc1cccc2c(CC(C)=O)cn(C)c12. The predicted octanol–water partition coefficient (Wildman–Crippen LogP) is 2.87. The summed E-state index contributed by atoms with van der Waals surface area (Å²) in [6.45, 7) is 3.80. The first-order chi connectivity index (χ1) is 7.63. The Hall–Kier alpha value is -1.57. The van der Waals surface area contributed by atoms with Crippen molar-refractivity contribution in [1.29, 1.82) is 0 Å². The van der Waals surface area contributed by atoms with Gasteiger partial charge in [0.05, 0.1) is 5.52 Å². The Bertz CT molecular complexity index is 537. The Morgan fingerprint density at radius 3 is 2.69 bits per heavy atom. The van der Waals surface area contributed by atoms with Crippen LogP contribution in [0.4, 0.5) is 0 Å². The Kier molecular flexibility index (Phi) is 2.82. The molecule has 0 fully saturated rings. The summed E-state index contributed by atoms with van der Waals surface area (Å²) in [5.74, 6) is 0.217. The lowest BCUT2D eigenvalue weighted by molar-refractivity contribution is -0.116. The topological polar surface area (TPSA) is 22.0 Å². The molecule has 1 aromatic heterocycles. The van der Waals surface area contributed by atoms with Crippen LogP contribution in [0.15, 0.2) is 24.4 Å². The van der Waals surface area contributed by atoms with Gasteiger partial charge in [-0.05, 0) is 24.5 Å². The van der Waals surface area contributed by atoms with Crippen molar-refractivity contribution in [3.63, 3.8) is 0 Å². The molecule has 0 atom stereocenters. The molecule has 0 amide bonds. The largest absolute Gasteiger partial charge is 0.350 e. The molecule has 0 aliphatic rings. The van der Waals surface area contributed by atoms with Crippen molar-refractivity contribution in [3.05, 3.63) is 35.5 Å². The van der Waals surface area contributed by atoms with Crippen LogP contribution in [0.2, 0.25) is 0 Å². The lowest BCUT2D eigenvalue weighted by atomic mass is 10.0. The zero-order valence-electron chi connectivity index (χ0n) is 10.1. The van der Waals surface area contributed by atoms with Crippen molar-refractivity contribution >= 4 is 16.7 Å². The Balaban J connectivity index is 2.66. The maximum Gasteiger partial charge on any atom is 0.134 e. The van der Waals surface area contributed by atoms with E-state index < -0.39 is 0 Å². The molecular weight excluding hydrogens is 198 g/mol. The van der Waals surface area contributed by atoms with Crippen molar-refractivity contribution in [2.75, 3.05) is 0 Å². The molecule has 0 radical (unpaired) electrons. The molecule has 1 aromatic carbocycles. The van der Waals surface area contributed by atoms with Gasteiger partial charge in [-0.2, -0.15) is 0 Å². The zero-order valence-corrected chi connectivity index (χ0v) is 10.1. The molecule has 0 spiro atoms. The number of benzene rings is 1. The Labute approximate surface area is 95.9 Å². The minimum absolute atomic E-state index is 0.217. The average molecular weight is 215 g/mol. The van der Waals surface area contributed by atoms with E-state index in [0.29, 0.717) is 6.42 Å². The maximum atomic E-state index is 11.2. The highest BCUT2D eigenvalue weighted by molar-refractivity contribution is 5.91. The third-order valence-corrected chi connectivity index (χ3v) is 2.99. The van der Waals surface area contributed by atoms with Gasteiger partial charge in [-0.15, -0.1) is 0 Å². The Morgan fingerprint density at radius 1 is 1.31 bits per heavy atom. The lowest BCUT2D eigenvalue weighted by Gasteiger charge is -2.02. The van der Waals surface area contributed by atoms with Crippen molar-refractivity contribution < 1.29 is 4.79 Å².